The number of benzene rings is 2. The fraction of sp³-hybridized carbons (Fsp3) is 0.541. The van der Waals surface area contributed by atoms with E-state index >= 15 is 0 Å². The zero-order valence-corrected chi connectivity index (χ0v) is 30.1. The molecule has 8 nitrogen and oxygen atoms in total. The van der Waals surface area contributed by atoms with Gasteiger partial charge in [0.15, 0.2) is 0 Å². The molecule has 254 valence electrons. The van der Waals surface area contributed by atoms with E-state index in [1.807, 2.05) is 75.4 Å². The number of rotatable bonds is 7. The van der Waals surface area contributed by atoms with Gasteiger partial charge in [-0.3, -0.25) is 19.3 Å². The Kier molecular flexibility index (Phi) is 10.4. The predicted molar refractivity (Wildman–Crippen MR) is 188 cm³/mol. The first kappa shape index (κ1) is 35.2. The number of likely N-dealkylation sites (tertiary alicyclic amines) is 2. The molecule has 0 bridgehead atoms. The van der Waals surface area contributed by atoms with Gasteiger partial charge in [-0.1, -0.05) is 47.5 Å². The maximum Gasteiger partial charge on any atom is 0.411 e. The van der Waals surface area contributed by atoms with E-state index in [0.29, 0.717) is 23.1 Å². The number of aromatic nitrogens is 2. The van der Waals surface area contributed by atoms with Crippen molar-refractivity contribution in [2.75, 3.05) is 26.2 Å². The van der Waals surface area contributed by atoms with Crippen LogP contribution in [0.2, 0.25) is 10.0 Å². The molecular weight excluding hydrogens is 635 g/mol. The van der Waals surface area contributed by atoms with Gasteiger partial charge in [0.05, 0.1) is 39.9 Å². The lowest BCUT2D eigenvalue weighted by molar-refractivity contribution is -0.156. The minimum absolute atomic E-state index is 0.195. The molecule has 1 unspecified atom stereocenters. The van der Waals surface area contributed by atoms with E-state index in [1.165, 1.54) is 0 Å². The second-order valence-electron chi connectivity index (χ2n) is 14.9. The van der Waals surface area contributed by atoms with Crippen molar-refractivity contribution in [1.82, 2.24) is 19.6 Å². The fourth-order valence-electron chi connectivity index (χ4n) is 6.82. The number of carbonyl (C=O) groups excluding carboxylic acids is 2. The minimum Gasteiger partial charge on any atom is -0.459 e. The summed E-state index contributed by atoms with van der Waals surface area (Å²) < 4.78 is 13.5. The number of fused-ring (bicyclic) bond motifs is 1. The molecule has 10 heteroatoms. The monoisotopic (exact) mass is 682 g/mol. The molecule has 3 heterocycles. The number of carbonyl (C=O) groups is 2. The maximum absolute atomic E-state index is 13.5. The lowest BCUT2D eigenvalue weighted by atomic mass is 9.80. The molecule has 2 aromatic carbocycles. The van der Waals surface area contributed by atoms with E-state index in [4.69, 9.17) is 37.8 Å². The second-order valence-corrected chi connectivity index (χ2v) is 15.7. The Balaban J connectivity index is 1.50. The van der Waals surface area contributed by atoms with Crippen LogP contribution < -0.4 is 0 Å². The molecule has 1 atom stereocenters. The van der Waals surface area contributed by atoms with Crippen LogP contribution in [0.15, 0.2) is 49.1 Å². The SMILES string of the molecule is C=CC1(c2ccc3c(C4CCN(CC(=O)OC(C)(C)C)CC4)nn(Cc4ccc(Cl)c(Cl)c4)c3c2)CCCCN1C(=O)OC(C)(C)C. The van der Waals surface area contributed by atoms with E-state index in [2.05, 4.69) is 29.7 Å². The van der Waals surface area contributed by atoms with Crippen LogP contribution in [-0.4, -0.2) is 69.0 Å². The third-order valence-corrected chi connectivity index (χ3v) is 9.71. The standard InChI is InChI=1S/C37H48Cl2N4O4/c1-8-37(17-9-10-18-42(37)34(45)47-36(5,6)7)27-12-13-28-31(22-27)43(23-25-11-14-29(38)30(39)21-25)40-33(28)26-15-19-41(20-16-26)24-32(44)46-35(2,3)4/h8,11-14,21-22,26H,1,9-10,15-20,23-24H2,2-7H3. The number of hydrogen-bond acceptors (Lipinski definition) is 6. The molecule has 47 heavy (non-hydrogen) atoms. The van der Waals surface area contributed by atoms with Crippen LogP contribution in [0.5, 0.6) is 0 Å². The zero-order chi connectivity index (χ0) is 34.1. The molecule has 0 radical (unpaired) electrons. The summed E-state index contributed by atoms with van der Waals surface area (Å²) in [6.07, 6.45) is 5.96. The third-order valence-electron chi connectivity index (χ3n) is 8.97. The highest BCUT2D eigenvalue weighted by Crippen LogP contribution is 2.42. The molecule has 0 N–H and O–H groups in total. The van der Waals surface area contributed by atoms with Crippen molar-refractivity contribution in [2.24, 2.45) is 0 Å². The summed E-state index contributed by atoms with van der Waals surface area (Å²) in [7, 11) is 0. The molecule has 5 rings (SSSR count). The topological polar surface area (TPSA) is 76.9 Å². The zero-order valence-electron chi connectivity index (χ0n) is 28.6. The molecule has 1 aromatic heterocycles. The van der Waals surface area contributed by atoms with Crippen molar-refractivity contribution in [3.8, 4) is 0 Å². The number of esters is 1. The Labute approximate surface area is 289 Å². The van der Waals surface area contributed by atoms with Crippen LogP contribution >= 0.6 is 23.2 Å². The lowest BCUT2D eigenvalue weighted by Gasteiger charge is -2.45. The Morgan fingerprint density at radius 2 is 1.66 bits per heavy atom. The Morgan fingerprint density at radius 3 is 2.30 bits per heavy atom. The fourth-order valence-corrected chi connectivity index (χ4v) is 7.14. The number of amides is 1. The van der Waals surface area contributed by atoms with Crippen LogP contribution in [0.4, 0.5) is 4.79 Å². The van der Waals surface area contributed by atoms with E-state index < -0.39 is 16.7 Å². The van der Waals surface area contributed by atoms with Gasteiger partial charge < -0.3 is 9.47 Å². The highest BCUT2D eigenvalue weighted by Gasteiger charge is 2.43. The van der Waals surface area contributed by atoms with Crippen LogP contribution in [0.25, 0.3) is 10.9 Å². The molecule has 2 fully saturated rings. The molecule has 0 saturated carbocycles. The van der Waals surface area contributed by atoms with Crippen molar-refractivity contribution in [3.05, 3.63) is 75.9 Å². The summed E-state index contributed by atoms with van der Waals surface area (Å²) in [4.78, 5) is 30.0. The van der Waals surface area contributed by atoms with Crippen LogP contribution in [-0.2, 0) is 26.4 Å². The average molecular weight is 684 g/mol. The average Bonchev–Trinajstić information content (AvgIpc) is 3.35. The molecule has 0 spiro atoms. The van der Waals surface area contributed by atoms with Gasteiger partial charge in [0.1, 0.15) is 11.2 Å². The minimum atomic E-state index is -0.708. The predicted octanol–water partition coefficient (Wildman–Crippen LogP) is 8.71. The van der Waals surface area contributed by atoms with Crippen molar-refractivity contribution in [1.29, 1.82) is 0 Å². The Bertz CT molecular complexity index is 1630. The number of ether oxygens (including phenoxy) is 2. The number of halogens is 2. The lowest BCUT2D eigenvalue weighted by Crippen LogP contribution is -2.52. The molecule has 1 amide bonds. The summed E-state index contributed by atoms with van der Waals surface area (Å²) in [5.74, 6) is 0.0358. The molecule has 3 aromatic rings. The maximum atomic E-state index is 13.5. The third kappa shape index (κ3) is 8.15. The van der Waals surface area contributed by atoms with E-state index in [-0.39, 0.29) is 24.5 Å². The first-order valence-corrected chi connectivity index (χ1v) is 17.4. The molecule has 2 aliphatic rings. The molecular formula is C37H48Cl2N4O4. The van der Waals surface area contributed by atoms with E-state index in [1.54, 1.807) is 0 Å². The number of piperidine rings is 2. The summed E-state index contributed by atoms with van der Waals surface area (Å²) in [5, 5.41) is 7.32. The van der Waals surface area contributed by atoms with Gasteiger partial charge in [0.2, 0.25) is 0 Å². The van der Waals surface area contributed by atoms with Crippen molar-refractivity contribution in [2.45, 2.75) is 103 Å². The Morgan fingerprint density at radius 1 is 0.957 bits per heavy atom. The Hall–Kier alpha value is -3.07. The van der Waals surface area contributed by atoms with Crippen molar-refractivity contribution >= 4 is 46.2 Å². The van der Waals surface area contributed by atoms with Crippen molar-refractivity contribution in [3.63, 3.8) is 0 Å². The van der Waals surface area contributed by atoms with Gasteiger partial charge >= 0.3 is 12.1 Å². The van der Waals surface area contributed by atoms with Gasteiger partial charge in [-0.2, -0.15) is 5.10 Å². The van der Waals surface area contributed by atoms with E-state index in [0.717, 1.165) is 72.9 Å². The smallest absolute Gasteiger partial charge is 0.411 e. The van der Waals surface area contributed by atoms with E-state index in [9.17, 15) is 9.59 Å². The molecule has 2 aliphatic heterocycles. The summed E-state index contributed by atoms with van der Waals surface area (Å²) in [6.45, 7) is 18.5. The van der Waals surface area contributed by atoms with Gasteiger partial charge in [-0.25, -0.2) is 4.79 Å². The van der Waals surface area contributed by atoms with Gasteiger partial charge in [-0.05, 0) is 116 Å². The summed E-state index contributed by atoms with van der Waals surface area (Å²) in [5.41, 5.74) is 2.18. The van der Waals surface area contributed by atoms with Gasteiger partial charge in [0.25, 0.3) is 0 Å². The quantitative estimate of drug-likeness (QED) is 0.183. The van der Waals surface area contributed by atoms with Gasteiger partial charge in [0, 0.05) is 17.8 Å². The number of nitrogens with zero attached hydrogens (tertiary/aromatic N) is 4. The highest BCUT2D eigenvalue weighted by atomic mass is 35.5. The molecule has 2 saturated heterocycles. The largest absolute Gasteiger partial charge is 0.459 e. The summed E-state index contributed by atoms with van der Waals surface area (Å²) in [6, 6.07) is 12.1. The van der Waals surface area contributed by atoms with Gasteiger partial charge in [-0.15, -0.1) is 6.58 Å². The first-order chi connectivity index (χ1) is 22.1. The highest BCUT2D eigenvalue weighted by molar-refractivity contribution is 6.42. The van der Waals surface area contributed by atoms with Crippen LogP contribution in [0, 0.1) is 0 Å². The molecule has 0 aliphatic carbocycles. The summed E-state index contributed by atoms with van der Waals surface area (Å²) >= 11 is 12.6. The van der Waals surface area contributed by atoms with Crippen LogP contribution in [0.1, 0.15) is 96.4 Å². The normalized spacial score (nSPS) is 20.0. The van der Waals surface area contributed by atoms with Crippen LogP contribution in [0.3, 0.4) is 0 Å². The first-order valence-electron chi connectivity index (χ1n) is 16.6. The van der Waals surface area contributed by atoms with Crippen molar-refractivity contribution < 1.29 is 19.1 Å². The second kappa shape index (κ2) is 13.8. The number of hydrogen-bond donors (Lipinski definition) is 0.